The first-order valence-corrected chi connectivity index (χ1v) is 9.52. The molecule has 0 aliphatic carbocycles. The molecule has 0 radical (unpaired) electrons. The zero-order chi connectivity index (χ0) is 22.1. The van der Waals surface area contributed by atoms with Gasteiger partial charge in [0.15, 0.2) is 12.3 Å². The molecule has 3 amide bonds. The number of imide groups is 1. The molecule has 1 heterocycles. The number of aliphatic hydroxyl groups excluding tert-OH is 1. The third-order valence-corrected chi connectivity index (χ3v) is 4.38. The second-order valence-electron chi connectivity index (χ2n) is 7.62. The third kappa shape index (κ3) is 4.79. The highest BCUT2D eigenvalue weighted by atomic mass is 35.5. The highest BCUT2D eigenvalue weighted by molar-refractivity contribution is 6.30. The molecule has 30 heavy (non-hydrogen) atoms. The Labute approximate surface area is 178 Å². The maximum atomic E-state index is 12.6. The van der Waals surface area contributed by atoms with E-state index in [0.29, 0.717) is 15.6 Å². The van der Waals surface area contributed by atoms with E-state index in [1.54, 1.807) is 57.2 Å². The molecule has 9 heteroatoms. The normalized spacial score (nSPS) is 15.6. The first-order valence-electron chi connectivity index (χ1n) is 9.14. The molecular formula is C21H21ClN2O6. The van der Waals surface area contributed by atoms with Crippen LogP contribution in [0.1, 0.15) is 53.2 Å². The lowest BCUT2D eigenvalue weighted by molar-refractivity contribution is -0.172. The number of hydrogen-bond acceptors (Lipinski definition) is 6. The number of amides is 3. The van der Waals surface area contributed by atoms with E-state index in [1.807, 2.05) is 0 Å². The van der Waals surface area contributed by atoms with Crippen molar-refractivity contribution in [1.29, 1.82) is 0 Å². The third-order valence-electron chi connectivity index (χ3n) is 4.13. The van der Waals surface area contributed by atoms with Crippen molar-refractivity contribution < 1.29 is 29.1 Å². The first kappa shape index (κ1) is 21.8. The summed E-state index contributed by atoms with van der Waals surface area (Å²) in [5.74, 6) is -1.34. The van der Waals surface area contributed by atoms with Gasteiger partial charge in [0.05, 0.1) is 11.1 Å². The highest BCUT2D eigenvalue weighted by Crippen LogP contribution is 2.29. The first-order chi connectivity index (χ1) is 14.1. The number of aliphatic hydroxyl groups is 1. The molecule has 2 N–H and O–H groups in total. The molecule has 1 unspecified atom stereocenters. The number of fused-ring (bicyclic) bond motifs is 1. The molecule has 0 aromatic heterocycles. The summed E-state index contributed by atoms with van der Waals surface area (Å²) in [7, 11) is 0. The summed E-state index contributed by atoms with van der Waals surface area (Å²) in [5.41, 5.74) is -0.0402. The molecule has 158 valence electrons. The fourth-order valence-electron chi connectivity index (χ4n) is 2.83. The molecule has 3 rings (SSSR count). The van der Waals surface area contributed by atoms with E-state index in [4.69, 9.17) is 21.2 Å². The molecule has 1 aliphatic heterocycles. The average molecular weight is 433 g/mol. The standard InChI is InChI=1S/C21H21ClN2O6/c1-21(2,3)29-20(28)23-17(25)16(12-8-10-13(22)11-9-12)30-24-18(26)14-6-4-5-7-15(14)19(24)27/h4-11,16-17,25H,1-3H3,(H,23,28)/t16?,17-/m0/s1. The van der Waals surface area contributed by atoms with Crippen molar-refractivity contribution in [2.75, 3.05) is 0 Å². The van der Waals surface area contributed by atoms with Crippen LogP contribution in [0, 0.1) is 0 Å². The smallest absolute Gasteiger partial charge is 0.409 e. The van der Waals surface area contributed by atoms with Crippen LogP contribution in [0.3, 0.4) is 0 Å². The Hall–Kier alpha value is -2.94. The number of hydroxylamine groups is 2. The van der Waals surface area contributed by atoms with Gasteiger partial charge in [-0.1, -0.05) is 35.9 Å². The van der Waals surface area contributed by atoms with E-state index in [1.165, 1.54) is 12.1 Å². The van der Waals surface area contributed by atoms with Crippen molar-refractivity contribution in [1.82, 2.24) is 10.4 Å². The minimum Gasteiger partial charge on any atom is -0.444 e. The number of nitrogens with one attached hydrogen (secondary N) is 1. The number of rotatable bonds is 5. The highest BCUT2D eigenvalue weighted by Gasteiger charge is 2.40. The van der Waals surface area contributed by atoms with Crippen LogP contribution in [0.4, 0.5) is 4.79 Å². The zero-order valence-electron chi connectivity index (χ0n) is 16.6. The molecule has 8 nitrogen and oxygen atoms in total. The quantitative estimate of drug-likeness (QED) is 0.553. The molecule has 0 fully saturated rings. The Kier molecular flexibility index (Phi) is 6.12. The van der Waals surface area contributed by atoms with E-state index in [0.717, 1.165) is 0 Å². The number of ether oxygens (including phenoxy) is 1. The second-order valence-corrected chi connectivity index (χ2v) is 8.06. The van der Waals surface area contributed by atoms with Crippen LogP contribution in [0.25, 0.3) is 0 Å². The van der Waals surface area contributed by atoms with Gasteiger partial charge >= 0.3 is 6.09 Å². The van der Waals surface area contributed by atoms with Gasteiger partial charge in [-0.3, -0.25) is 14.9 Å². The fraction of sp³-hybridized carbons (Fsp3) is 0.286. The van der Waals surface area contributed by atoms with Crippen molar-refractivity contribution >= 4 is 29.5 Å². The average Bonchev–Trinajstić information content (AvgIpc) is 2.90. The molecule has 0 saturated carbocycles. The van der Waals surface area contributed by atoms with Crippen LogP contribution in [-0.2, 0) is 9.57 Å². The monoisotopic (exact) mass is 432 g/mol. The summed E-state index contributed by atoms with van der Waals surface area (Å²) in [6.45, 7) is 5.01. The number of nitrogens with zero attached hydrogens (tertiary/aromatic N) is 1. The Morgan fingerprint density at radius 1 is 1.03 bits per heavy atom. The van der Waals surface area contributed by atoms with Gasteiger partial charge in [-0.15, -0.1) is 5.06 Å². The minimum absolute atomic E-state index is 0.187. The van der Waals surface area contributed by atoms with Gasteiger partial charge in [0, 0.05) is 5.02 Å². The van der Waals surface area contributed by atoms with Crippen LogP contribution < -0.4 is 5.32 Å². The molecule has 0 bridgehead atoms. The maximum Gasteiger partial charge on any atom is 0.409 e. The molecule has 0 saturated heterocycles. The van der Waals surface area contributed by atoms with E-state index in [2.05, 4.69) is 5.32 Å². The molecular weight excluding hydrogens is 412 g/mol. The summed E-state index contributed by atoms with van der Waals surface area (Å²) in [5, 5.41) is 13.9. The van der Waals surface area contributed by atoms with Gasteiger partial charge in [-0.25, -0.2) is 9.63 Å². The Bertz CT molecular complexity index is 935. The molecule has 0 spiro atoms. The van der Waals surface area contributed by atoms with Crippen molar-refractivity contribution in [2.45, 2.75) is 38.7 Å². The SMILES string of the molecule is CC(C)(C)OC(=O)N[C@@H](O)C(ON1C(=O)c2ccccc2C1=O)c1ccc(Cl)cc1. The number of hydrogen-bond donors (Lipinski definition) is 2. The topological polar surface area (TPSA) is 105 Å². The summed E-state index contributed by atoms with van der Waals surface area (Å²) >= 11 is 5.92. The lowest BCUT2D eigenvalue weighted by Gasteiger charge is -2.28. The van der Waals surface area contributed by atoms with E-state index in [-0.39, 0.29) is 11.1 Å². The van der Waals surface area contributed by atoms with Gasteiger partial charge in [0.2, 0.25) is 0 Å². The van der Waals surface area contributed by atoms with Gasteiger partial charge in [-0.2, -0.15) is 0 Å². The largest absolute Gasteiger partial charge is 0.444 e. The molecule has 1 aliphatic rings. The predicted molar refractivity (Wildman–Crippen MR) is 108 cm³/mol. The lowest BCUT2D eigenvalue weighted by Crippen LogP contribution is -2.45. The van der Waals surface area contributed by atoms with Crippen LogP contribution >= 0.6 is 11.6 Å². The predicted octanol–water partition coefficient (Wildman–Crippen LogP) is 3.45. The minimum atomic E-state index is -1.63. The Balaban J connectivity index is 1.85. The van der Waals surface area contributed by atoms with Crippen molar-refractivity contribution in [3.63, 3.8) is 0 Å². The summed E-state index contributed by atoms with van der Waals surface area (Å²) in [4.78, 5) is 42.9. The van der Waals surface area contributed by atoms with Crippen molar-refractivity contribution in [2.24, 2.45) is 0 Å². The number of halogens is 1. The van der Waals surface area contributed by atoms with E-state index < -0.39 is 35.8 Å². The van der Waals surface area contributed by atoms with Gasteiger partial charge in [0.1, 0.15) is 5.60 Å². The summed E-state index contributed by atoms with van der Waals surface area (Å²) in [6, 6.07) is 12.5. The second kappa shape index (κ2) is 8.43. The summed E-state index contributed by atoms with van der Waals surface area (Å²) in [6.07, 6.45) is -3.82. The van der Waals surface area contributed by atoms with Crippen LogP contribution in [0.15, 0.2) is 48.5 Å². The van der Waals surface area contributed by atoms with E-state index >= 15 is 0 Å². The lowest BCUT2D eigenvalue weighted by atomic mass is 10.1. The van der Waals surface area contributed by atoms with Crippen molar-refractivity contribution in [3.8, 4) is 0 Å². The Morgan fingerprint density at radius 2 is 1.57 bits per heavy atom. The molecule has 2 atom stereocenters. The van der Waals surface area contributed by atoms with Crippen LogP contribution in [0.5, 0.6) is 0 Å². The van der Waals surface area contributed by atoms with Crippen LogP contribution in [0.2, 0.25) is 5.02 Å². The summed E-state index contributed by atoms with van der Waals surface area (Å²) < 4.78 is 5.14. The van der Waals surface area contributed by atoms with Crippen molar-refractivity contribution in [3.05, 3.63) is 70.2 Å². The fourth-order valence-corrected chi connectivity index (χ4v) is 2.96. The van der Waals surface area contributed by atoms with Crippen LogP contribution in [-0.4, -0.2) is 39.9 Å². The van der Waals surface area contributed by atoms with Gasteiger partial charge in [-0.05, 0) is 50.6 Å². The van der Waals surface area contributed by atoms with Gasteiger partial charge in [0.25, 0.3) is 11.8 Å². The molecule has 2 aromatic carbocycles. The Morgan fingerprint density at radius 3 is 2.07 bits per heavy atom. The number of benzene rings is 2. The number of alkyl carbamates (subject to hydrolysis) is 1. The van der Waals surface area contributed by atoms with E-state index in [9.17, 15) is 19.5 Å². The van der Waals surface area contributed by atoms with Gasteiger partial charge < -0.3 is 9.84 Å². The number of carbonyl (C=O) groups excluding carboxylic acids is 3. The zero-order valence-corrected chi connectivity index (χ0v) is 17.3. The number of carbonyl (C=O) groups is 3. The maximum absolute atomic E-state index is 12.6. The molecule has 2 aromatic rings.